The van der Waals surface area contributed by atoms with Crippen LogP contribution in [0, 0.1) is 11.3 Å². The summed E-state index contributed by atoms with van der Waals surface area (Å²) >= 11 is 0. The fourth-order valence-electron chi connectivity index (χ4n) is 3.96. The normalized spacial score (nSPS) is 14.4. The van der Waals surface area contributed by atoms with Gasteiger partial charge in [-0.15, -0.1) is 0 Å². The predicted molar refractivity (Wildman–Crippen MR) is 117 cm³/mol. The quantitative estimate of drug-likeness (QED) is 0.586. The van der Waals surface area contributed by atoms with Crippen molar-refractivity contribution in [3.63, 3.8) is 0 Å². The summed E-state index contributed by atoms with van der Waals surface area (Å²) in [5.41, 5.74) is 9.11. The summed E-state index contributed by atoms with van der Waals surface area (Å²) in [5.74, 6) is 0.767. The molecule has 0 bridgehead atoms. The van der Waals surface area contributed by atoms with Crippen LogP contribution < -0.4 is 16.4 Å². The number of aromatic nitrogens is 2. The van der Waals surface area contributed by atoms with E-state index in [1.807, 2.05) is 22.7 Å². The molecule has 4 rings (SSSR count). The summed E-state index contributed by atoms with van der Waals surface area (Å²) in [6.45, 7) is 0.832. The molecule has 0 atom stereocenters. The van der Waals surface area contributed by atoms with E-state index in [-0.39, 0.29) is 5.91 Å². The molecule has 0 spiro atoms. The summed E-state index contributed by atoms with van der Waals surface area (Å²) in [6, 6.07) is 13.6. The number of nitrogens with one attached hydrogen (secondary N) is 2. The molecule has 0 unspecified atom stereocenters. The molecule has 0 saturated heterocycles. The van der Waals surface area contributed by atoms with E-state index in [1.54, 1.807) is 24.3 Å². The van der Waals surface area contributed by atoms with Crippen LogP contribution in [-0.2, 0) is 0 Å². The van der Waals surface area contributed by atoms with Crippen LogP contribution in [0.3, 0.4) is 0 Å². The first-order chi connectivity index (χ1) is 14.7. The van der Waals surface area contributed by atoms with Gasteiger partial charge >= 0.3 is 0 Å². The van der Waals surface area contributed by atoms with Crippen molar-refractivity contribution >= 4 is 17.4 Å². The Morgan fingerprint density at radius 1 is 1.20 bits per heavy atom. The third-order valence-corrected chi connectivity index (χ3v) is 5.55. The Morgan fingerprint density at radius 2 is 1.97 bits per heavy atom. The number of amides is 1. The van der Waals surface area contributed by atoms with Gasteiger partial charge in [0.15, 0.2) is 0 Å². The molecule has 1 fully saturated rings. The molecular weight excluding hydrogens is 376 g/mol. The number of benzene rings is 1. The second-order valence-electron chi connectivity index (χ2n) is 7.67. The summed E-state index contributed by atoms with van der Waals surface area (Å²) < 4.78 is 2.00. The van der Waals surface area contributed by atoms with Crippen LogP contribution >= 0.6 is 0 Å². The highest BCUT2D eigenvalue weighted by Crippen LogP contribution is 2.32. The second-order valence-corrected chi connectivity index (χ2v) is 7.67. The molecule has 0 radical (unpaired) electrons. The maximum absolute atomic E-state index is 12.3. The minimum atomic E-state index is -0.160. The number of carbonyl (C=O) groups is 1. The van der Waals surface area contributed by atoms with Crippen molar-refractivity contribution in [1.82, 2.24) is 14.7 Å². The van der Waals surface area contributed by atoms with Crippen molar-refractivity contribution in [3.05, 3.63) is 53.7 Å². The maximum atomic E-state index is 12.3. The first-order valence-electron chi connectivity index (χ1n) is 10.5. The van der Waals surface area contributed by atoms with E-state index in [9.17, 15) is 4.79 Å². The highest BCUT2D eigenvalue weighted by atomic mass is 16.1. The van der Waals surface area contributed by atoms with E-state index in [0.717, 1.165) is 29.9 Å². The van der Waals surface area contributed by atoms with Crippen LogP contribution in [0.15, 0.2) is 42.6 Å². The summed E-state index contributed by atoms with van der Waals surface area (Å²) in [6.07, 6.45) is 7.91. The lowest BCUT2D eigenvalue weighted by molar-refractivity contribution is 0.0954. The molecule has 2 aromatic heterocycles. The highest BCUT2D eigenvalue weighted by molar-refractivity contribution is 5.95. The Kier molecular flexibility index (Phi) is 5.96. The Labute approximate surface area is 175 Å². The van der Waals surface area contributed by atoms with Crippen molar-refractivity contribution in [1.29, 1.82) is 5.26 Å². The van der Waals surface area contributed by atoms with Crippen molar-refractivity contribution in [3.8, 4) is 17.3 Å². The van der Waals surface area contributed by atoms with Crippen molar-refractivity contribution in [2.24, 2.45) is 5.73 Å². The fraction of sp³-hybridized carbons (Fsp3) is 0.348. The highest BCUT2D eigenvalue weighted by Gasteiger charge is 2.20. The predicted octanol–water partition coefficient (Wildman–Crippen LogP) is 3.31. The lowest BCUT2D eigenvalue weighted by atomic mass is 9.95. The molecule has 7 heteroatoms. The minimum Gasteiger partial charge on any atom is -0.367 e. The van der Waals surface area contributed by atoms with Gasteiger partial charge in [0.25, 0.3) is 5.91 Å². The SMILES string of the molecule is N#Cc1ccc(-c2nc3cc(C(=O)NCCN)ccn3c2NC2CCCCC2)cc1. The van der Waals surface area contributed by atoms with Crippen LogP contribution in [0.25, 0.3) is 16.9 Å². The number of hydrogen-bond acceptors (Lipinski definition) is 5. The number of anilines is 1. The van der Waals surface area contributed by atoms with E-state index < -0.39 is 0 Å². The van der Waals surface area contributed by atoms with Crippen LogP contribution in [0.1, 0.15) is 48.0 Å². The van der Waals surface area contributed by atoms with Gasteiger partial charge in [0.2, 0.25) is 0 Å². The van der Waals surface area contributed by atoms with Crippen molar-refractivity contribution in [2.75, 3.05) is 18.4 Å². The number of pyridine rings is 1. The lowest BCUT2D eigenvalue weighted by Gasteiger charge is -2.24. The number of hydrogen-bond donors (Lipinski definition) is 3. The number of rotatable bonds is 6. The zero-order valence-corrected chi connectivity index (χ0v) is 16.9. The Balaban J connectivity index is 1.75. The molecule has 4 N–H and O–H groups in total. The third kappa shape index (κ3) is 4.14. The van der Waals surface area contributed by atoms with E-state index in [0.29, 0.717) is 35.9 Å². The maximum Gasteiger partial charge on any atom is 0.251 e. The average Bonchev–Trinajstić information content (AvgIpc) is 3.15. The minimum absolute atomic E-state index is 0.160. The molecule has 2 heterocycles. The molecule has 154 valence electrons. The van der Waals surface area contributed by atoms with Gasteiger partial charge in [-0.1, -0.05) is 31.4 Å². The molecule has 1 saturated carbocycles. The van der Waals surface area contributed by atoms with Gasteiger partial charge < -0.3 is 16.4 Å². The summed E-state index contributed by atoms with van der Waals surface area (Å²) in [5, 5.41) is 15.6. The molecule has 1 amide bonds. The second kappa shape index (κ2) is 8.97. The molecule has 3 aromatic rings. The molecule has 7 nitrogen and oxygen atoms in total. The van der Waals surface area contributed by atoms with Gasteiger partial charge in [-0.3, -0.25) is 9.20 Å². The largest absolute Gasteiger partial charge is 0.367 e. The first-order valence-corrected chi connectivity index (χ1v) is 10.5. The van der Waals surface area contributed by atoms with Gasteiger partial charge in [-0.25, -0.2) is 4.98 Å². The van der Waals surface area contributed by atoms with Crippen LogP contribution in [0.2, 0.25) is 0 Å². The number of nitrogens with two attached hydrogens (primary N) is 1. The van der Waals surface area contributed by atoms with Gasteiger partial charge in [0, 0.05) is 36.5 Å². The molecule has 0 aliphatic heterocycles. The number of fused-ring (bicyclic) bond motifs is 1. The Bertz CT molecular complexity index is 1070. The van der Waals surface area contributed by atoms with Gasteiger partial charge in [-0.2, -0.15) is 5.26 Å². The average molecular weight is 403 g/mol. The zero-order chi connectivity index (χ0) is 20.9. The van der Waals surface area contributed by atoms with E-state index in [1.165, 1.54) is 19.3 Å². The standard InChI is InChI=1S/C23H26N6O/c24-11-12-26-23(30)18-10-13-29-20(14-18)28-21(17-8-6-16(15-25)7-9-17)22(29)27-19-4-2-1-3-5-19/h6-10,13-14,19,27H,1-5,11-12,24H2,(H,26,30). The smallest absolute Gasteiger partial charge is 0.251 e. The molecular formula is C23H26N6O. The molecule has 30 heavy (non-hydrogen) atoms. The van der Waals surface area contributed by atoms with Gasteiger partial charge in [0.1, 0.15) is 17.2 Å². The van der Waals surface area contributed by atoms with Crippen LogP contribution in [0.4, 0.5) is 5.82 Å². The number of nitriles is 1. The fourth-order valence-corrected chi connectivity index (χ4v) is 3.96. The van der Waals surface area contributed by atoms with Gasteiger partial charge in [-0.05, 0) is 37.1 Å². The van der Waals surface area contributed by atoms with Gasteiger partial charge in [0.05, 0.1) is 11.6 Å². The van der Waals surface area contributed by atoms with Crippen molar-refractivity contribution in [2.45, 2.75) is 38.1 Å². The number of nitrogens with zero attached hydrogens (tertiary/aromatic N) is 3. The molecule has 1 aromatic carbocycles. The molecule has 1 aliphatic rings. The first kappa shape index (κ1) is 19.9. The Hall–Kier alpha value is -3.37. The van der Waals surface area contributed by atoms with Crippen molar-refractivity contribution < 1.29 is 4.79 Å². The summed E-state index contributed by atoms with van der Waals surface area (Å²) in [4.78, 5) is 17.2. The van der Waals surface area contributed by atoms with E-state index in [2.05, 4.69) is 16.7 Å². The topological polar surface area (TPSA) is 108 Å². The third-order valence-electron chi connectivity index (χ3n) is 5.55. The zero-order valence-electron chi connectivity index (χ0n) is 16.9. The van der Waals surface area contributed by atoms with E-state index >= 15 is 0 Å². The van der Waals surface area contributed by atoms with Crippen LogP contribution in [0.5, 0.6) is 0 Å². The lowest BCUT2D eigenvalue weighted by Crippen LogP contribution is -2.29. The monoisotopic (exact) mass is 402 g/mol. The molecule has 1 aliphatic carbocycles. The Morgan fingerprint density at radius 3 is 2.67 bits per heavy atom. The van der Waals surface area contributed by atoms with E-state index in [4.69, 9.17) is 16.0 Å². The summed E-state index contributed by atoms with van der Waals surface area (Å²) in [7, 11) is 0. The van der Waals surface area contributed by atoms with Crippen LogP contribution in [-0.4, -0.2) is 34.4 Å². The number of carbonyl (C=O) groups excluding carboxylic acids is 1. The number of imidazole rings is 1.